The fourth-order valence-corrected chi connectivity index (χ4v) is 0.611. The van der Waals surface area contributed by atoms with Crippen molar-refractivity contribution in [2.75, 3.05) is 6.54 Å². The topological polar surface area (TPSA) is 29.1 Å². The zero-order chi connectivity index (χ0) is 9.99. The summed E-state index contributed by atoms with van der Waals surface area (Å²) in [4.78, 5) is 11.4. The van der Waals surface area contributed by atoms with E-state index in [1.54, 1.807) is 0 Å². The minimum Gasteiger partial charge on any atom is -1.00 e. The molecular formula is C10H21ClNO-. The van der Waals surface area contributed by atoms with Crippen LogP contribution in [0.25, 0.3) is 0 Å². The average molecular weight is 207 g/mol. The number of halogens is 1. The molecule has 2 nitrogen and oxygen atoms in total. The van der Waals surface area contributed by atoms with Gasteiger partial charge in [0.1, 0.15) is 0 Å². The van der Waals surface area contributed by atoms with Crippen molar-refractivity contribution in [3.63, 3.8) is 0 Å². The first-order valence-electron chi connectivity index (χ1n) is 4.41. The number of carbonyl (C=O) groups excluding carboxylic acids is 1. The lowest BCUT2D eigenvalue weighted by atomic mass is 9.90. The highest BCUT2D eigenvalue weighted by Gasteiger charge is 2.22. The largest absolute Gasteiger partial charge is 1.00 e. The highest BCUT2D eigenvalue weighted by Crippen LogP contribution is 2.14. The van der Waals surface area contributed by atoms with Crippen molar-refractivity contribution in [1.29, 1.82) is 0 Å². The maximum atomic E-state index is 11.4. The summed E-state index contributed by atoms with van der Waals surface area (Å²) in [6.45, 7) is 12.5. The maximum absolute atomic E-state index is 11.4. The van der Waals surface area contributed by atoms with Gasteiger partial charge in [0.2, 0.25) is 0 Å². The lowest BCUT2D eigenvalue weighted by Crippen LogP contribution is -3.00. The Morgan fingerprint density at radius 1 is 1.08 bits per heavy atom. The molecule has 0 saturated heterocycles. The maximum Gasteiger partial charge on any atom is 0.151 e. The summed E-state index contributed by atoms with van der Waals surface area (Å²) >= 11 is 0. The van der Waals surface area contributed by atoms with E-state index in [-0.39, 0.29) is 29.1 Å². The summed E-state index contributed by atoms with van der Waals surface area (Å²) in [7, 11) is 0. The molecule has 0 aromatic heterocycles. The Morgan fingerprint density at radius 2 is 1.46 bits per heavy atom. The minimum atomic E-state index is -0.224. The summed E-state index contributed by atoms with van der Waals surface area (Å²) < 4.78 is 0. The van der Waals surface area contributed by atoms with Crippen LogP contribution in [0.5, 0.6) is 0 Å². The van der Waals surface area contributed by atoms with Crippen LogP contribution in [0.3, 0.4) is 0 Å². The van der Waals surface area contributed by atoms with Crippen LogP contribution in [-0.4, -0.2) is 17.9 Å². The van der Waals surface area contributed by atoms with Gasteiger partial charge in [0.05, 0.1) is 6.54 Å². The third kappa shape index (κ3) is 8.26. The first kappa shape index (κ1) is 15.4. The molecule has 0 bridgehead atoms. The third-order valence-electron chi connectivity index (χ3n) is 1.62. The average Bonchev–Trinajstić information content (AvgIpc) is 1.78. The van der Waals surface area contributed by atoms with E-state index in [9.17, 15) is 4.79 Å². The number of hydrogen-bond donors (Lipinski definition) is 1. The molecule has 0 aliphatic carbocycles. The Morgan fingerprint density at radius 3 is 1.69 bits per heavy atom. The van der Waals surface area contributed by atoms with Crippen LogP contribution < -0.4 is 17.7 Å². The number of ketones is 1. The van der Waals surface area contributed by atoms with Crippen molar-refractivity contribution in [2.24, 2.45) is 5.41 Å². The lowest BCUT2D eigenvalue weighted by Gasteiger charge is -2.23. The molecule has 0 aromatic carbocycles. The first-order valence-corrected chi connectivity index (χ1v) is 4.41. The Bertz CT molecular complexity index is 165. The molecule has 0 spiro atoms. The van der Waals surface area contributed by atoms with E-state index in [4.69, 9.17) is 0 Å². The van der Waals surface area contributed by atoms with Gasteiger partial charge in [-0.05, 0) is 20.8 Å². The molecule has 0 saturated carbocycles. The summed E-state index contributed by atoms with van der Waals surface area (Å²) in [5.74, 6) is 0.262. The SMILES string of the molecule is CC(C)(C)NCC(=O)C(C)(C)C.[Cl-]. The second-order valence-electron chi connectivity index (χ2n) is 5.28. The summed E-state index contributed by atoms with van der Waals surface area (Å²) in [5.41, 5.74) is -0.195. The standard InChI is InChI=1S/C10H21NO.ClH/c1-9(2,3)8(12)7-11-10(4,5)6;/h11H,7H2,1-6H3;1H/p-1. The van der Waals surface area contributed by atoms with Crippen LogP contribution in [0, 0.1) is 5.41 Å². The zero-order valence-corrected chi connectivity index (χ0v) is 10.2. The van der Waals surface area contributed by atoms with Gasteiger partial charge in [0.25, 0.3) is 0 Å². The Labute approximate surface area is 87.9 Å². The highest BCUT2D eigenvalue weighted by atomic mass is 35.5. The van der Waals surface area contributed by atoms with Gasteiger partial charge in [0, 0.05) is 11.0 Å². The monoisotopic (exact) mass is 206 g/mol. The number of nitrogens with one attached hydrogen (secondary N) is 1. The van der Waals surface area contributed by atoms with Crippen molar-refractivity contribution < 1.29 is 17.2 Å². The zero-order valence-electron chi connectivity index (χ0n) is 9.49. The van der Waals surface area contributed by atoms with Gasteiger partial charge in [0.15, 0.2) is 5.78 Å². The van der Waals surface area contributed by atoms with Gasteiger partial charge >= 0.3 is 0 Å². The van der Waals surface area contributed by atoms with E-state index in [0.717, 1.165) is 0 Å². The van der Waals surface area contributed by atoms with Gasteiger partial charge in [-0.25, -0.2) is 0 Å². The molecule has 0 aromatic rings. The van der Waals surface area contributed by atoms with Crippen molar-refractivity contribution in [3.8, 4) is 0 Å². The fourth-order valence-electron chi connectivity index (χ4n) is 0.611. The molecule has 1 N–H and O–H groups in total. The van der Waals surface area contributed by atoms with Gasteiger partial charge in [-0.15, -0.1) is 0 Å². The van der Waals surface area contributed by atoms with Crippen LogP contribution in [0.4, 0.5) is 0 Å². The Balaban J connectivity index is 0. The predicted molar refractivity (Wildman–Crippen MR) is 52.2 cm³/mol. The molecule has 0 heterocycles. The van der Waals surface area contributed by atoms with Gasteiger partial charge in [-0.3, -0.25) is 4.79 Å². The van der Waals surface area contributed by atoms with E-state index in [0.29, 0.717) is 6.54 Å². The molecule has 80 valence electrons. The van der Waals surface area contributed by atoms with Crippen LogP contribution in [0.2, 0.25) is 0 Å². The first-order chi connectivity index (χ1) is 5.13. The predicted octanol–water partition coefficient (Wildman–Crippen LogP) is -1.01. The van der Waals surface area contributed by atoms with E-state index in [2.05, 4.69) is 26.1 Å². The molecular weight excluding hydrogens is 186 g/mol. The number of carbonyl (C=O) groups is 1. The van der Waals surface area contributed by atoms with E-state index in [1.165, 1.54) is 0 Å². The third-order valence-corrected chi connectivity index (χ3v) is 1.62. The molecule has 0 unspecified atom stereocenters. The Hall–Kier alpha value is -0.0800. The van der Waals surface area contributed by atoms with Gasteiger partial charge in [-0.1, -0.05) is 20.8 Å². The quantitative estimate of drug-likeness (QED) is 0.628. The van der Waals surface area contributed by atoms with Crippen LogP contribution in [0.1, 0.15) is 41.5 Å². The molecule has 3 heteroatoms. The molecule has 0 fully saturated rings. The second-order valence-corrected chi connectivity index (χ2v) is 5.28. The van der Waals surface area contributed by atoms with Gasteiger partial charge < -0.3 is 17.7 Å². The fraction of sp³-hybridized carbons (Fsp3) is 0.900. The number of hydrogen-bond acceptors (Lipinski definition) is 2. The summed E-state index contributed by atoms with van der Waals surface area (Å²) in [5, 5.41) is 3.18. The normalized spacial score (nSPS) is 12.2. The van der Waals surface area contributed by atoms with Crippen LogP contribution in [-0.2, 0) is 4.79 Å². The second kappa shape index (κ2) is 4.97. The van der Waals surface area contributed by atoms with Crippen molar-refractivity contribution >= 4 is 5.78 Å². The van der Waals surface area contributed by atoms with Crippen LogP contribution >= 0.6 is 0 Å². The van der Waals surface area contributed by atoms with Crippen molar-refractivity contribution in [3.05, 3.63) is 0 Å². The smallest absolute Gasteiger partial charge is 0.151 e. The van der Waals surface area contributed by atoms with Crippen LogP contribution in [0.15, 0.2) is 0 Å². The molecule has 0 rings (SSSR count). The highest BCUT2D eigenvalue weighted by molar-refractivity contribution is 5.85. The lowest BCUT2D eigenvalue weighted by molar-refractivity contribution is -0.125. The molecule has 0 aliphatic heterocycles. The molecule has 13 heavy (non-hydrogen) atoms. The number of rotatable bonds is 2. The van der Waals surface area contributed by atoms with Crippen molar-refractivity contribution in [2.45, 2.75) is 47.1 Å². The summed E-state index contributed by atoms with van der Waals surface area (Å²) in [6, 6.07) is 0. The van der Waals surface area contributed by atoms with Gasteiger partial charge in [-0.2, -0.15) is 0 Å². The van der Waals surface area contributed by atoms with E-state index in [1.807, 2.05) is 20.8 Å². The molecule has 0 aliphatic rings. The minimum absolute atomic E-state index is 0. The van der Waals surface area contributed by atoms with E-state index >= 15 is 0 Å². The number of Topliss-reactive ketones (excluding diaryl/α,β-unsaturated/α-hetero) is 1. The van der Waals surface area contributed by atoms with E-state index < -0.39 is 0 Å². The Kier molecular flexibility index (Phi) is 5.88. The molecule has 0 amide bonds. The molecule has 0 radical (unpaired) electrons. The molecule has 0 atom stereocenters. The van der Waals surface area contributed by atoms with Crippen molar-refractivity contribution in [1.82, 2.24) is 5.32 Å². The summed E-state index contributed by atoms with van der Waals surface area (Å²) in [6.07, 6.45) is 0.